The number of nitrogens with two attached hydrogens (primary N) is 1. The Morgan fingerprint density at radius 2 is 1.84 bits per heavy atom. The van der Waals surface area contributed by atoms with Gasteiger partial charge in [-0.05, 0) is 49.9 Å². The second-order valence-corrected chi connectivity index (χ2v) is 5.86. The molecule has 2 N–H and O–H groups in total. The Kier molecular flexibility index (Phi) is 3.31. The van der Waals surface area contributed by atoms with Crippen LogP contribution in [-0.2, 0) is 0 Å². The third kappa shape index (κ3) is 2.52. The van der Waals surface area contributed by atoms with E-state index in [0.717, 1.165) is 49.8 Å². The minimum atomic E-state index is -0.307. The molecule has 2 fully saturated rings. The lowest BCUT2D eigenvalue weighted by Gasteiger charge is -2.25. The van der Waals surface area contributed by atoms with Crippen molar-refractivity contribution in [2.45, 2.75) is 44.6 Å². The van der Waals surface area contributed by atoms with Gasteiger partial charge in [0.25, 0.3) is 0 Å². The molecule has 3 heteroatoms. The van der Waals surface area contributed by atoms with E-state index in [9.17, 15) is 4.79 Å². The Balaban J connectivity index is 1.75. The minimum Gasteiger partial charge on any atom is -0.490 e. The molecule has 0 atom stereocenters. The third-order valence-corrected chi connectivity index (χ3v) is 4.38. The fourth-order valence-corrected chi connectivity index (χ4v) is 2.95. The fourth-order valence-electron chi connectivity index (χ4n) is 2.95. The van der Waals surface area contributed by atoms with Gasteiger partial charge in [-0.15, -0.1) is 0 Å². The van der Waals surface area contributed by atoms with Gasteiger partial charge in [0, 0.05) is 17.5 Å². The van der Waals surface area contributed by atoms with Crippen molar-refractivity contribution >= 4 is 5.78 Å². The number of hydrogen-bond donors (Lipinski definition) is 1. The van der Waals surface area contributed by atoms with Crippen LogP contribution in [0.15, 0.2) is 24.3 Å². The van der Waals surface area contributed by atoms with Crippen LogP contribution in [0.4, 0.5) is 0 Å². The Bertz CT molecular complexity index is 456. The third-order valence-electron chi connectivity index (χ3n) is 4.38. The topological polar surface area (TPSA) is 52.3 Å². The van der Waals surface area contributed by atoms with E-state index in [1.165, 1.54) is 0 Å². The van der Waals surface area contributed by atoms with Crippen molar-refractivity contribution in [2.75, 3.05) is 6.54 Å². The molecule has 0 aliphatic heterocycles. The van der Waals surface area contributed by atoms with E-state index in [2.05, 4.69) is 0 Å². The highest BCUT2D eigenvalue weighted by Gasteiger charge is 2.40. The average Bonchev–Trinajstić information content (AvgIpc) is 3.13. The highest BCUT2D eigenvalue weighted by molar-refractivity contribution is 6.01. The molecule has 3 nitrogen and oxygen atoms in total. The van der Waals surface area contributed by atoms with Crippen molar-refractivity contribution < 1.29 is 9.53 Å². The molecule has 102 valence electrons. The lowest BCUT2D eigenvalue weighted by atomic mass is 9.79. The maximum absolute atomic E-state index is 12.6. The first-order chi connectivity index (χ1) is 9.23. The molecule has 19 heavy (non-hydrogen) atoms. The van der Waals surface area contributed by atoms with Crippen molar-refractivity contribution in [3.63, 3.8) is 0 Å². The van der Waals surface area contributed by atoms with Crippen LogP contribution in [0.2, 0.25) is 0 Å². The van der Waals surface area contributed by atoms with Crippen LogP contribution in [0.3, 0.4) is 0 Å². The summed E-state index contributed by atoms with van der Waals surface area (Å²) in [4.78, 5) is 12.6. The van der Waals surface area contributed by atoms with Crippen molar-refractivity contribution in [3.8, 4) is 5.75 Å². The van der Waals surface area contributed by atoms with E-state index in [4.69, 9.17) is 10.5 Å². The molecule has 0 spiro atoms. The molecule has 0 heterocycles. The summed E-state index contributed by atoms with van der Waals surface area (Å²) < 4.78 is 5.70. The largest absolute Gasteiger partial charge is 0.490 e. The summed E-state index contributed by atoms with van der Waals surface area (Å²) in [6, 6.07) is 7.58. The number of carbonyl (C=O) groups excluding carboxylic acids is 1. The van der Waals surface area contributed by atoms with Gasteiger partial charge >= 0.3 is 0 Å². The SMILES string of the molecule is NCC1(C(=O)c2ccc(OC3CC3)cc2)CCCC1. The second kappa shape index (κ2) is 4.97. The minimum absolute atomic E-state index is 0.213. The second-order valence-electron chi connectivity index (χ2n) is 5.86. The van der Waals surface area contributed by atoms with Crippen LogP contribution in [0, 0.1) is 5.41 Å². The lowest BCUT2D eigenvalue weighted by molar-refractivity contribution is 0.0810. The molecular formula is C16H21NO2. The number of rotatable bonds is 5. The van der Waals surface area contributed by atoms with Gasteiger partial charge in [-0.2, -0.15) is 0 Å². The summed E-state index contributed by atoms with van der Waals surface area (Å²) in [5.41, 5.74) is 6.33. The molecule has 0 bridgehead atoms. The quantitative estimate of drug-likeness (QED) is 0.827. The number of hydrogen-bond acceptors (Lipinski definition) is 3. The van der Waals surface area contributed by atoms with Crippen molar-refractivity contribution in [2.24, 2.45) is 11.1 Å². The van der Waals surface area contributed by atoms with Crippen molar-refractivity contribution in [1.29, 1.82) is 0 Å². The molecule has 0 aromatic heterocycles. The van der Waals surface area contributed by atoms with Crippen LogP contribution < -0.4 is 10.5 Å². The molecule has 0 radical (unpaired) electrons. The molecule has 2 aliphatic carbocycles. The zero-order valence-corrected chi connectivity index (χ0v) is 11.2. The van der Waals surface area contributed by atoms with Gasteiger partial charge in [0.2, 0.25) is 0 Å². The van der Waals surface area contributed by atoms with Crippen LogP contribution in [-0.4, -0.2) is 18.4 Å². The normalized spacial score (nSPS) is 21.3. The smallest absolute Gasteiger partial charge is 0.170 e. The number of ketones is 1. The molecule has 2 aliphatic rings. The number of carbonyl (C=O) groups is 1. The lowest BCUT2D eigenvalue weighted by Crippen LogP contribution is -2.36. The first-order valence-corrected chi connectivity index (χ1v) is 7.25. The zero-order valence-electron chi connectivity index (χ0n) is 11.2. The van der Waals surface area contributed by atoms with E-state index in [1.54, 1.807) is 0 Å². The zero-order chi connectivity index (χ0) is 13.3. The summed E-state index contributed by atoms with van der Waals surface area (Å²) in [6.45, 7) is 0.464. The van der Waals surface area contributed by atoms with Crippen molar-refractivity contribution in [1.82, 2.24) is 0 Å². The molecule has 0 unspecified atom stereocenters. The number of benzene rings is 1. The summed E-state index contributed by atoms with van der Waals surface area (Å²) >= 11 is 0. The first-order valence-electron chi connectivity index (χ1n) is 7.25. The standard InChI is InChI=1S/C16H21NO2/c17-11-16(9-1-2-10-16)15(18)12-3-5-13(6-4-12)19-14-7-8-14/h3-6,14H,1-2,7-11,17H2. The van der Waals surface area contributed by atoms with Gasteiger partial charge in [-0.1, -0.05) is 12.8 Å². The number of ether oxygens (including phenoxy) is 1. The molecule has 2 saturated carbocycles. The molecule has 1 aromatic rings. The van der Waals surface area contributed by atoms with E-state index in [-0.39, 0.29) is 11.2 Å². The van der Waals surface area contributed by atoms with Crippen LogP contribution in [0.25, 0.3) is 0 Å². The predicted molar refractivity (Wildman–Crippen MR) is 74.4 cm³/mol. The maximum atomic E-state index is 12.6. The van der Waals surface area contributed by atoms with E-state index in [0.29, 0.717) is 12.6 Å². The highest BCUT2D eigenvalue weighted by Crippen LogP contribution is 2.40. The van der Waals surface area contributed by atoms with E-state index < -0.39 is 0 Å². The Labute approximate surface area is 114 Å². The summed E-state index contributed by atoms with van der Waals surface area (Å²) in [5.74, 6) is 1.08. The van der Waals surface area contributed by atoms with E-state index >= 15 is 0 Å². The van der Waals surface area contributed by atoms with Gasteiger partial charge < -0.3 is 10.5 Å². The fraction of sp³-hybridized carbons (Fsp3) is 0.562. The van der Waals surface area contributed by atoms with E-state index in [1.807, 2.05) is 24.3 Å². The van der Waals surface area contributed by atoms with Gasteiger partial charge in [0.15, 0.2) is 5.78 Å². The Morgan fingerprint density at radius 1 is 1.21 bits per heavy atom. The monoisotopic (exact) mass is 259 g/mol. The van der Waals surface area contributed by atoms with Gasteiger partial charge in [0.1, 0.15) is 5.75 Å². The van der Waals surface area contributed by atoms with Gasteiger partial charge in [-0.25, -0.2) is 0 Å². The molecule has 0 amide bonds. The summed E-state index contributed by atoms with van der Waals surface area (Å²) in [5, 5.41) is 0. The first kappa shape index (κ1) is 12.7. The van der Waals surface area contributed by atoms with Crippen molar-refractivity contribution in [3.05, 3.63) is 29.8 Å². The number of Topliss-reactive ketones (excluding diaryl/α,β-unsaturated/α-hetero) is 1. The summed E-state index contributed by atoms with van der Waals surface area (Å²) in [6.07, 6.45) is 6.79. The molecule has 1 aromatic carbocycles. The van der Waals surface area contributed by atoms with Gasteiger partial charge in [0.05, 0.1) is 6.10 Å². The molecule has 3 rings (SSSR count). The highest BCUT2D eigenvalue weighted by atomic mass is 16.5. The average molecular weight is 259 g/mol. The molecular weight excluding hydrogens is 238 g/mol. The van der Waals surface area contributed by atoms with Crippen LogP contribution in [0.5, 0.6) is 5.75 Å². The Hall–Kier alpha value is -1.35. The predicted octanol–water partition coefficient (Wildman–Crippen LogP) is 2.93. The molecule has 0 saturated heterocycles. The van der Waals surface area contributed by atoms with Crippen LogP contribution in [0.1, 0.15) is 48.9 Å². The van der Waals surface area contributed by atoms with Crippen LogP contribution >= 0.6 is 0 Å². The maximum Gasteiger partial charge on any atom is 0.170 e. The Morgan fingerprint density at radius 3 is 2.37 bits per heavy atom. The van der Waals surface area contributed by atoms with Gasteiger partial charge in [-0.3, -0.25) is 4.79 Å². The summed E-state index contributed by atoms with van der Waals surface area (Å²) in [7, 11) is 0.